The number of benzene rings is 1. The van der Waals surface area contributed by atoms with Gasteiger partial charge in [-0.05, 0) is 48.1 Å². The molecular formula is C11H15INO2+. The molecule has 3 N–H and O–H groups in total. The molecule has 0 atom stereocenters. The molecule has 15 heavy (non-hydrogen) atoms. The van der Waals surface area contributed by atoms with Crippen molar-refractivity contribution in [2.24, 2.45) is 0 Å². The molecule has 0 aromatic heterocycles. The van der Waals surface area contributed by atoms with Crippen molar-refractivity contribution in [3.8, 4) is 0 Å². The van der Waals surface area contributed by atoms with Crippen LogP contribution in [0.5, 0.6) is 0 Å². The lowest BCUT2D eigenvalue weighted by Crippen LogP contribution is -2.41. The van der Waals surface area contributed by atoms with Gasteiger partial charge in [-0.15, -0.1) is 0 Å². The number of halogens is 1. The van der Waals surface area contributed by atoms with Crippen molar-refractivity contribution in [3.63, 3.8) is 0 Å². The molecule has 0 amide bonds. The van der Waals surface area contributed by atoms with Crippen molar-refractivity contribution in [3.05, 3.63) is 27.3 Å². The van der Waals surface area contributed by atoms with E-state index in [1.54, 1.807) is 0 Å². The highest BCUT2D eigenvalue weighted by molar-refractivity contribution is 14.1. The van der Waals surface area contributed by atoms with E-state index >= 15 is 0 Å². The number of quaternary nitrogens is 1. The smallest absolute Gasteiger partial charge is 0.315 e. The van der Waals surface area contributed by atoms with Gasteiger partial charge in [0.15, 0.2) is 0 Å². The lowest BCUT2D eigenvalue weighted by Gasteiger charge is -2.22. The topological polar surface area (TPSA) is 53.9 Å². The standard InChI is InChI=1S/C11H14INO2/c1-11(2,10(14)15-3)7-4-5-9(13)8(12)6-7/h4-6H,13H2,1-3H3/p+1. The molecule has 0 unspecified atom stereocenters. The summed E-state index contributed by atoms with van der Waals surface area (Å²) >= 11 is 2.21. The molecule has 0 saturated carbocycles. The molecule has 0 saturated heterocycles. The minimum absolute atomic E-state index is 0.227. The van der Waals surface area contributed by atoms with E-state index < -0.39 is 5.41 Å². The minimum Gasteiger partial charge on any atom is -0.468 e. The van der Waals surface area contributed by atoms with Crippen LogP contribution in [-0.4, -0.2) is 13.1 Å². The van der Waals surface area contributed by atoms with Crippen molar-refractivity contribution < 1.29 is 15.3 Å². The first-order chi connectivity index (χ1) is 6.89. The molecular weight excluding hydrogens is 305 g/mol. The van der Waals surface area contributed by atoms with Gasteiger partial charge >= 0.3 is 5.97 Å². The third kappa shape index (κ3) is 2.49. The zero-order valence-corrected chi connectivity index (χ0v) is 11.3. The second-order valence-electron chi connectivity index (χ2n) is 3.92. The number of esters is 1. The number of carbonyl (C=O) groups excluding carboxylic acids is 1. The third-order valence-electron chi connectivity index (χ3n) is 2.47. The molecule has 0 aliphatic carbocycles. The van der Waals surface area contributed by atoms with Gasteiger partial charge < -0.3 is 10.5 Å². The molecule has 0 aliphatic heterocycles. The van der Waals surface area contributed by atoms with Crippen LogP contribution >= 0.6 is 22.6 Å². The van der Waals surface area contributed by atoms with Crippen molar-refractivity contribution in [2.75, 3.05) is 7.11 Å². The van der Waals surface area contributed by atoms with Crippen LogP contribution in [0, 0.1) is 3.57 Å². The molecule has 4 heteroatoms. The van der Waals surface area contributed by atoms with Crippen LogP contribution in [0.15, 0.2) is 18.2 Å². The zero-order chi connectivity index (χ0) is 11.6. The molecule has 3 nitrogen and oxygen atoms in total. The monoisotopic (exact) mass is 320 g/mol. The Balaban J connectivity index is 3.16. The summed E-state index contributed by atoms with van der Waals surface area (Å²) in [5.41, 5.74) is 5.20. The van der Waals surface area contributed by atoms with Crippen LogP contribution in [-0.2, 0) is 14.9 Å². The normalized spacial score (nSPS) is 11.3. The van der Waals surface area contributed by atoms with Gasteiger partial charge in [0.1, 0.15) is 5.69 Å². The fraction of sp³-hybridized carbons (Fsp3) is 0.364. The third-order valence-corrected chi connectivity index (χ3v) is 3.47. The summed E-state index contributed by atoms with van der Waals surface area (Å²) in [4.78, 5) is 11.6. The number of methoxy groups -OCH3 is 1. The molecule has 1 aromatic rings. The van der Waals surface area contributed by atoms with Gasteiger partial charge in [0.05, 0.1) is 16.1 Å². The van der Waals surface area contributed by atoms with Gasteiger partial charge in [0, 0.05) is 6.07 Å². The van der Waals surface area contributed by atoms with Crippen LogP contribution in [0.1, 0.15) is 19.4 Å². The molecule has 0 aliphatic rings. The second-order valence-corrected chi connectivity index (χ2v) is 5.08. The first-order valence-corrected chi connectivity index (χ1v) is 5.68. The van der Waals surface area contributed by atoms with E-state index in [2.05, 4.69) is 28.3 Å². The maximum atomic E-state index is 11.6. The summed E-state index contributed by atoms with van der Waals surface area (Å²) in [7, 11) is 1.41. The second kappa shape index (κ2) is 4.49. The predicted molar refractivity (Wildman–Crippen MR) is 66.7 cm³/mol. The fourth-order valence-corrected chi connectivity index (χ4v) is 1.82. The summed E-state index contributed by atoms with van der Waals surface area (Å²) < 4.78 is 5.84. The van der Waals surface area contributed by atoms with Gasteiger partial charge in [-0.25, -0.2) is 0 Å². The van der Waals surface area contributed by atoms with Gasteiger partial charge in [-0.1, -0.05) is 6.07 Å². The number of hydrogen-bond acceptors (Lipinski definition) is 2. The van der Waals surface area contributed by atoms with Crippen molar-refractivity contribution >= 4 is 34.2 Å². The average Bonchev–Trinajstić information content (AvgIpc) is 2.20. The molecule has 0 radical (unpaired) electrons. The highest BCUT2D eigenvalue weighted by Gasteiger charge is 2.31. The SMILES string of the molecule is COC(=O)C(C)(C)c1ccc([NH3+])c(I)c1. The van der Waals surface area contributed by atoms with E-state index in [-0.39, 0.29) is 5.97 Å². The predicted octanol–water partition coefficient (Wildman–Crippen LogP) is 1.62. The number of hydrogen-bond donors (Lipinski definition) is 1. The summed E-state index contributed by atoms with van der Waals surface area (Å²) in [6, 6.07) is 5.81. The van der Waals surface area contributed by atoms with Crippen LogP contribution < -0.4 is 5.73 Å². The zero-order valence-electron chi connectivity index (χ0n) is 9.13. The fourth-order valence-electron chi connectivity index (χ4n) is 1.31. The van der Waals surface area contributed by atoms with E-state index in [1.807, 2.05) is 32.0 Å². The lowest BCUT2D eigenvalue weighted by atomic mass is 9.85. The van der Waals surface area contributed by atoms with Crippen molar-refractivity contribution in [1.29, 1.82) is 0 Å². The van der Waals surface area contributed by atoms with E-state index in [9.17, 15) is 4.79 Å². The molecule has 0 spiro atoms. The molecule has 1 aromatic carbocycles. The van der Waals surface area contributed by atoms with Crippen molar-refractivity contribution in [2.45, 2.75) is 19.3 Å². The van der Waals surface area contributed by atoms with Gasteiger partial charge in [-0.3, -0.25) is 4.79 Å². The van der Waals surface area contributed by atoms with Crippen LogP contribution in [0.3, 0.4) is 0 Å². The Bertz CT molecular complexity index is 388. The quantitative estimate of drug-likeness (QED) is 0.665. The van der Waals surface area contributed by atoms with Gasteiger partial charge in [0.2, 0.25) is 0 Å². The van der Waals surface area contributed by atoms with E-state index in [0.717, 1.165) is 14.8 Å². The Hall–Kier alpha value is -0.620. The van der Waals surface area contributed by atoms with E-state index in [0.29, 0.717) is 0 Å². The summed E-state index contributed by atoms with van der Waals surface area (Å²) in [5, 5.41) is 0. The van der Waals surface area contributed by atoms with Gasteiger partial charge in [0.25, 0.3) is 0 Å². The van der Waals surface area contributed by atoms with Crippen LogP contribution in [0.2, 0.25) is 0 Å². The Morgan fingerprint density at radius 1 is 1.47 bits per heavy atom. The van der Waals surface area contributed by atoms with Crippen LogP contribution in [0.4, 0.5) is 5.69 Å². The Kier molecular flexibility index (Phi) is 3.72. The highest BCUT2D eigenvalue weighted by Crippen LogP contribution is 2.27. The summed E-state index contributed by atoms with van der Waals surface area (Å²) in [6.45, 7) is 3.71. The maximum Gasteiger partial charge on any atom is 0.315 e. The Labute approximate surface area is 103 Å². The van der Waals surface area contributed by atoms with Crippen LogP contribution in [0.25, 0.3) is 0 Å². The maximum absolute atomic E-state index is 11.6. The van der Waals surface area contributed by atoms with Crippen molar-refractivity contribution in [1.82, 2.24) is 0 Å². The summed E-state index contributed by atoms with van der Waals surface area (Å²) in [5.74, 6) is -0.227. The molecule has 0 heterocycles. The molecule has 0 fully saturated rings. The first-order valence-electron chi connectivity index (χ1n) is 4.60. The molecule has 0 bridgehead atoms. The average molecular weight is 320 g/mol. The Morgan fingerprint density at radius 3 is 2.53 bits per heavy atom. The molecule has 82 valence electrons. The molecule has 1 rings (SSSR count). The van der Waals surface area contributed by atoms with E-state index in [1.165, 1.54) is 7.11 Å². The minimum atomic E-state index is -0.609. The Morgan fingerprint density at radius 2 is 2.07 bits per heavy atom. The number of carbonyl (C=O) groups is 1. The van der Waals surface area contributed by atoms with Gasteiger partial charge in [-0.2, -0.15) is 0 Å². The number of ether oxygens (including phenoxy) is 1. The largest absolute Gasteiger partial charge is 0.468 e. The number of rotatable bonds is 2. The van der Waals surface area contributed by atoms with E-state index in [4.69, 9.17) is 4.74 Å². The summed E-state index contributed by atoms with van der Waals surface area (Å²) in [6.07, 6.45) is 0. The first kappa shape index (κ1) is 12.4. The lowest BCUT2D eigenvalue weighted by molar-refractivity contribution is -0.256. The highest BCUT2D eigenvalue weighted by atomic mass is 127.